The van der Waals surface area contributed by atoms with Crippen molar-refractivity contribution in [2.75, 3.05) is 5.32 Å². The van der Waals surface area contributed by atoms with Crippen LogP contribution in [0.3, 0.4) is 0 Å². The van der Waals surface area contributed by atoms with Gasteiger partial charge in [0.15, 0.2) is 6.17 Å². The maximum absolute atomic E-state index is 4.37. The van der Waals surface area contributed by atoms with E-state index in [4.69, 9.17) is 0 Å². The third kappa shape index (κ3) is 0.904. The van der Waals surface area contributed by atoms with Crippen molar-refractivity contribution in [3.8, 4) is 0 Å². The van der Waals surface area contributed by atoms with E-state index in [1.807, 2.05) is 29.4 Å². The van der Waals surface area contributed by atoms with E-state index >= 15 is 0 Å². The lowest BCUT2D eigenvalue weighted by molar-refractivity contribution is 0.518. The molecule has 66 valence electrons. The minimum Gasteiger partial charge on any atom is -0.344 e. The number of anilines is 1. The average Bonchev–Trinajstić information content (AvgIpc) is 2.67. The van der Waals surface area contributed by atoms with Crippen molar-refractivity contribution in [2.45, 2.75) is 13.1 Å². The number of thiazole rings is 1. The second-order valence-electron chi connectivity index (χ2n) is 3.07. The molecular formula is C8H8N4S. The van der Waals surface area contributed by atoms with Crippen LogP contribution in [0, 0.1) is 6.92 Å². The molecule has 3 rings (SSSR count). The highest BCUT2D eigenvalue weighted by Crippen LogP contribution is 2.34. The molecule has 4 nitrogen and oxygen atoms in total. The summed E-state index contributed by atoms with van der Waals surface area (Å²) in [5, 5.41) is 7.69. The molecule has 0 saturated heterocycles. The van der Waals surface area contributed by atoms with Crippen LogP contribution in [-0.4, -0.2) is 14.8 Å². The summed E-state index contributed by atoms with van der Waals surface area (Å²) in [6.45, 7) is 2.00. The summed E-state index contributed by atoms with van der Waals surface area (Å²) in [5.74, 6) is 1.09. The van der Waals surface area contributed by atoms with Gasteiger partial charge in [-0.1, -0.05) is 0 Å². The number of nitrogens with zero attached hydrogens (tertiary/aromatic N) is 3. The molecule has 3 heterocycles. The zero-order valence-corrected chi connectivity index (χ0v) is 7.88. The molecule has 0 amide bonds. The molecule has 0 saturated carbocycles. The maximum atomic E-state index is 4.37. The quantitative estimate of drug-likeness (QED) is 0.746. The molecule has 0 bridgehead atoms. The van der Waals surface area contributed by atoms with E-state index in [1.54, 1.807) is 11.3 Å². The van der Waals surface area contributed by atoms with Crippen LogP contribution < -0.4 is 5.32 Å². The Morgan fingerprint density at radius 3 is 3.23 bits per heavy atom. The summed E-state index contributed by atoms with van der Waals surface area (Å²) in [7, 11) is 0. The molecule has 13 heavy (non-hydrogen) atoms. The molecular weight excluding hydrogens is 184 g/mol. The van der Waals surface area contributed by atoms with Crippen LogP contribution in [0.25, 0.3) is 0 Å². The number of nitrogens with one attached hydrogen (secondary N) is 1. The predicted molar refractivity (Wildman–Crippen MR) is 50.8 cm³/mol. The van der Waals surface area contributed by atoms with Crippen LogP contribution in [0.4, 0.5) is 5.82 Å². The molecule has 1 N–H and O–H groups in total. The minimum absolute atomic E-state index is 0.205. The molecule has 1 atom stereocenters. The van der Waals surface area contributed by atoms with E-state index < -0.39 is 0 Å². The standard InChI is InChI=1S/C8H8N4S/c1-5-2-7-10-8(12(7)11-5)6-3-9-4-13-6/h2-4,8,10H,1H3. The molecule has 0 spiro atoms. The summed E-state index contributed by atoms with van der Waals surface area (Å²) in [4.78, 5) is 5.25. The van der Waals surface area contributed by atoms with E-state index in [9.17, 15) is 0 Å². The number of rotatable bonds is 1. The Bertz CT molecular complexity index is 431. The molecule has 0 radical (unpaired) electrons. The van der Waals surface area contributed by atoms with E-state index in [0.717, 1.165) is 11.5 Å². The lowest BCUT2D eigenvalue weighted by Crippen LogP contribution is -2.31. The molecule has 0 aromatic carbocycles. The van der Waals surface area contributed by atoms with Crippen molar-refractivity contribution in [1.82, 2.24) is 14.8 Å². The highest BCUT2D eigenvalue weighted by Gasteiger charge is 2.28. The van der Waals surface area contributed by atoms with Gasteiger partial charge in [0.05, 0.1) is 16.1 Å². The van der Waals surface area contributed by atoms with Crippen molar-refractivity contribution in [3.05, 3.63) is 28.3 Å². The number of aromatic nitrogens is 3. The van der Waals surface area contributed by atoms with Gasteiger partial charge in [-0.3, -0.25) is 4.98 Å². The van der Waals surface area contributed by atoms with Crippen LogP contribution in [-0.2, 0) is 0 Å². The van der Waals surface area contributed by atoms with Crippen LogP contribution in [0.2, 0.25) is 0 Å². The van der Waals surface area contributed by atoms with Gasteiger partial charge in [0.25, 0.3) is 0 Å². The normalized spacial score (nSPS) is 19.0. The number of aryl methyl sites for hydroxylation is 1. The van der Waals surface area contributed by atoms with Crippen LogP contribution >= 0.6 is 11.3 Å². The second-order valence-corrected chi connectivity index (χ2v) is 3.98. The van der Waals surface area contributed by atoms with E-state index in [1.165, 1.54) is 4.88 Å². The fraction of sp³-hybridized carbons (Fsp3) is 0.250. The minimum atomic E-state index is 0.205. The topological polar surface area (TPSA) is 42.7 Å². The van der Waals surface area contributed by atoms with E-state index in [0.29, 0.717) is 0 Å². The zero-order valence-electron chi connectivity index (χ0n) is 7.06. The Labute approximate surface area is 79.2 Å². The molecule has 1 aliphatic heterocycles. The first-order chi connectivity index (χ1) is 6.34. The van der Waals surface area contributed by atoms with Crippen molar-refractivity contribution in [2.24, 2.45) is 0 Å². The van der Waals surface area contributed by atoms with E-state index in [-0.39, 0.29) is 6.17 Å². The van der Waals surface area contributed by atoms with Crippen LogP contribution in [0.5, 0.6) is 0 Å². The first-order valence-corrected chi connectivity index (χ1v) is 4.93. The zero-order chi connectivity index (χ0) is 8.84. The first kappa shape index (κ1) is 7.08. The molecule has 0 aliphatic carbocycles. The summed E-state index contributed by atoms with van der Waals surface area (Å²) < 4.78 is 1.99. The smallest absolute Gasteiger partial charge is 0.160 e. The summed E-state index contributed by atoms with van der Waals surface area (Å²) in [5.41, 5.74) is 2.89. The highest BCUT2D eigenvalue weighted by molar-refractivity contribution is 7.09. The average molecular weight is 192 g/mol. The Morgan fingerprint density at radius 2 is 2.54 bits per heavy atom. The molecule has 2 aromatic heterocycles. The third-order valence-corrected chi connectivity index (χ3v) is 2.94. The monoisotopic (exact) mass is 192 g/mol. The van der Waals surface area contributed by atoms with Gasteiger partial charge in [0, 0.05) is 12.3 Å². The predicted octanol–water partition coefficient (Wildman–Crippen LogP) is 1.62. The number of fused-ring (bicyclic) bond motifs is 1. The summed E-state index contributed by atoms with van der Waals surface area (Å²) in [6.07, 6.45) is 2.08. The lowest BCUT2D eigenvalue weighted by Gasteiger charge is -2.29. The van der Waals surface area contributed by atoms with Crippen LogP contribution in [0.1, 0.15) is 16.7 Å². The number of hydrogen-bond donors (Lipinski definition) is 1. The van der Waals surface area contributed by atoms with Crippen molar-refractivity contribution in [3.63, 3.8) is 0 Å². The number of hydrogen-bond acceptors (Lipinski definition) is 4. The molecule has 1 aliphatic rings. The van der Waals surface area contributed by atoms with Gasteiger partial charge in [0.1, 0.15) is 5.82 Å². The second kappa shape index (κ2) is 2.32. The van der Waals surface area contributed by atoms with Crippen LogP contribution in [0.15, 0.2) is 17.8 Å². The molecule has 1 unspecified atom stereocenters. The van der Waals surface area contributed by atoms with Gasteiger partial charge in [-0.25, -0.2) is 4.68 Å². The van der Waals surface area contributed by atoms with Crippen molar-refractivity contribution >= 4 is 17.2 Å². The summed E-state index contributed by atoms with van der Waals surface area (Å²) in [6, 6.07) is 2.04. The third-order valence-electron chi connectivity index (χ3n) is 2.11. The SMILES string of the molecule is Cc1cc2n(n1)C(c1cncs1)N2. The Morgan fingerprint density at radius 1 is 1.62 bits per heavy atom. The summed E-state index contributed by atoms with van der Waals surface area (Å²) >= 11 is 1.65. The lowest BCUT2D eigenvalue weighted by atomic mass is 10.3. The van der Waals surface area contributed by atoms with Gasteiger partial charge in [-0.05, 0) is 6.92 Å². The highest BCUT2D eigenvalue weighted by atomic mass is 32.1. The van der Waals surface area contributed by atoms with Gasteiger partial charge in [0.2, 0.25) is 0 Å². The molecule has 5 heteroatoms. The fourth-order valence-corrected chi connectivity index (χ4v) is 2.16. The van der Waals surface area contributed by atoms with Gasteiger partial charge >= 0.3 is 0 Å². The Kier molecular flexibility index (Phi) is 1.26. The fourth-order valence-electron chi connectivity index (χ4n) is 1.51. The Hall–Kier alpha value is -1.36. The van der Waals surface area contributed by atoms with E-state index in [2.05, 4.69) is 15.4 Å². The largest absolute Gasteiger partial charge is 0.344 e. The van der Waals surface area contributed by atoms with Crippen molar-refractivity contribution < 1.29 is 0 Å². The van der Waals surface area contributed by atoms with Gasteiger partial charge in [-0.2, -0.15) is 5.10 Å². The first-order valence-electron chi connectivity index (χ1n) is 4.06. The Balaban J connectivity index is 2.01. The molecule has 2 aromatic rings. The maximum Gasteiger partial charge on any atom is 0.160 e. The van der Waals surface area contributed by atoms with Gasteiger partial charge in [-0.15, -0.1) is 11.3 Å². The van der Waals surface area contributed by atoms with Gasteiger partial charge < -0.3 is 5.32 Å². The molecule has 0 fully saturated rings. The van der Waals surface area contributed by atoms with Crippen molar-refractivity contribution in [1.29, 1.82) is 0 Å².